The molecule has 0 radical (unpaired) electrons. The number of benzene rings is 11. The first-order valence-electron chi connectivity index (χ1n) is 24.2. The van der Waals surface area contributed by atoms with Gasteiger partial charge in [0.2, 0.25) is 0 Å². The number of aromatic nitrogens is 1. The number of fused-ring (bicyclic) bond motifs is 18. The molecule has 2 heterocycles. The highest BCUT2D eigenvalue weighted by Crippen LogP contribution is 2.64. The molecule has 0 unspecified atom stereocenters. The van der Waals surface area contributed by atoms with Gasteiger partial charge in [0.15, 0.2) is 5.58 Å². The predicted molar refractivity (Wildman–Crippen MR) is 290 cm³/mol. The fourth-order valence-corrected chi connectivity index (χ4v) is 12.3. The number of hydrogen-bond acceptors (Lipinski definition) is 2. The number of rotatable bonds is 6. The average molecular weight is 891 g/mol. The molecule has 1 spiro atoms. The fourth-order valence-electron chi connectivity index (χ4n) is 12.3. The monoisotopic (exact) mass is 890 g/mol. The van der Waals surface area contributed by atoms with Gasteiger partial charge in [-0.3, -0.25) is 0 Å². The van der Waals surface area contributed by atoms with E-state index in [0.717, 1.165) is 55.6 Å². The van der Waals surface area contributed by atoms with Crippen LogP contribution in [0.1, 0.15) is 22.3 Å². The highest BCUT2D eigenvalue weighted by atomic mass is 16.3. The average Bonchev–Trinajstić information content (AvgIpc) is 4.16. The van der Waals surface area contributed by atoms with Gasteiger partial charge in [0.25, 0.3) is 0 Å². The Morgan fingerprint density at radius 3 is 1.44 bits per heavy atom. The first-order chi connectivity index (χ1) is 34.8. The Balaban J connectivity index is 1.08. The van der Waals surface area contributed by atoms with Gasteiger partial charge in [0.1, 0.15) is 5.58 Å². The van der Waals surface area contributed by atoms with Crippen LogP contribution in [0.15, 0.2) is 259 Å². The zero-order chi connectivity index (χ0) is 45.9. The molecule has 2 aliphatic carbocycles. The third-order valence-electron chi connectivity index (χ3n) is 15.2. The molecule has 15 rings (SSSR count). The predicted octanol–water partition coefficient (Wildman–Crippen LogP) is 17.8. The Kier molecular flexibility index (Phi) is 8.28. The van der Waals surface area contributed by atoms with Crippen molar-refractivity contribution in [2.24, 2.45) is 0 Å². The molecule has 0 fully saturated rings. The van der Waals surface area contributed by atoms with Gasteiger partial charge in [-0.05, 0) is 110 Å². The van der Waals surface area contributed by atoms with Gasteiger partial charge in [-0.15, -0.1) is 0 Å². The van der Waals surface area contributed by atoms with Crippen molar-refractivity contribution in [1.29, 1.82) is 0 Å². The Labute approximate surface area is 405 Å². The summed E-state index contributed by atoms with van der Waals surface area (Å²) in [7, 11) is 0. The normalized spacial score (nSPS) is 13.0. The Bertz CT molecular complexity index is 4080. The summed E-state index contributed by atoms with van der Waals surface area (Å²) in [6.45, 7) is 0. The van der Waals surface area contributed by atoms with Crippen LogP contribution >= 0.6 is 0 Å². The highest BCUT2D eigenvalue weighted by molar-refractivity contribution is 6.29. The zero-order valence-corrected chi connectivity index (χ0v) is 38.1. The first-order valence-corrected chi connectivity index (χ1v) is 24.2. The van der Waals surface area contributed by atoms with E-state index >= 15 is 0 Å². The van der Waals surface area contributed by atoms with Gasteiger partial charge >= 0.3 is 0 Å². The molecule has 3 nitrogen and oxygen atoms in total. The first kappa shape index (κ1) is 38.9. The number of anilines is 3. The van der Waals surface area contributed by atoms with E-state index in [4.69, 9.17) is 4.42 Å². The Morgan fingerprint density at radius 1 is 0.357 bits per heavy atom. The van der Waals surface area contributed by atoms with Crippen molar-refractivity contribution in [2.45, 2.75) is 5.41 Å². The summed E-state index contributed by atoms with van der Waals surface area (Å²) in [6.07, 6.45) is 0. The SMILES string of the molecule is c1ccc(-c2ccc(N(c3ccc(-c4ccccc4)cc3)c3cc4c5ccc6c(c5n(-c5ccccc5)c4c4c3oc3ccccc34)-c3ccccc3C63c4ccccc4-c4ccccc43)cc2)cc1. The van der Waals surface area contributed by atoms with Crippen LogP contribution in [0.4, 0.5) is 17.1 Å². The van der Waals surface area contributed by atoms with Crippen LogP contribution in [0.25, 0.3) is 93.9 Å². The van der Waals surface area contributed by atoms with Crippen molar-refractivity contribution < 1.29 is 4.42 Å². The number of hydrogen-bond donors (Lipinski definition) is 0. The van der Waals surface area contributed by atoms with E-state index in [1.807, 2.05) is 0 Å². The summed E-state index contributed by atoms with van der Waals surface area (Å²) in [4.78, 5) is 2.39. The maximum atomic E-state index is 7.24. The third kappa shape index (κ3) is 5.34. The second-order valence-electron chi connectivity index (χ2n) is 18.7. The van der Waals surface area contributed by atoms with Crippen LogP contribution in [0.5, 0.6) is 0 Å². The van der Waals surface area contributed by atoms with E-state index in [1.54, 1.807) is 0 Å². The zero-order valence-electron chi connectivity index (χ0n) is 38.1. The summed E-state index contributed by atoms with van der Waals surface area (Å²) in [5.41, 5.74) is 22.8. The van der Waals surface area contributed by atoms with Gasteiger partial charge in [-0.25, -0.2) is 0 Å². The Hall–Kier alpha value is -9.18. The molecule has 13 aromatic rings. The van der Waals surface area contributed by atoms with Crippen molar-refractivity contribution in [3.63, 3.8) is 0 Å². The van der Waals surface area contributed by atoms with Crippen molar-refractivity contribution >= 4 is 60.8 Å². The maximum absolute atomic E-state index is 7.24. The van der Waals surface area contributed by atoms with Crippen LogP contribution in [0, 0.1) is 0 Å². The molecule has 0 atom stereocenters. The summed E-state index contributed by atoms with van der Waals surface area (Å²) >= 11 is 0. The van der Waals surface area contributed by atoms with Crippen LogP contribution in [0.2, 0.25) is 0 Å². The van der Waals surface area contributed by atoms with E-state index in [9.17, 15) is 0 Å². The molecule has 0 amide bonds. The minimum atomic E-state index is -0.483. The van der Waals surface area contributed by atoms with Gasteiger partial charge in [-0.1, -0.05) is 206 Å². The molecule has 11 aromatic carbocycles. The van der Waals surface area contributed by atoms with Gasteiger partial charge in [0.05, 0.1) is 27.5 Å². The van der Waals surface area contributed by atoms with Crippen LogP contribution in [-0.2, 0) is 5.41 Å². The summed E-state index contributed by atoms with van der Waals surface area (Å²) in [6, 6.07) is 93.2. The standard InChI is InChI=1S/C67H42N2O/c1-4-18-43(19-5-1)45-32-36-48(37-33-45)68(49-38-34-46(35-39-49)44-20-6-2-7-21-44)60-42-55-52-40-41-59-62(53-26-12-16-30-58(53)67(59)56-28-14-10-24-50(56)51-25-11-15-29-57(51)67)64(52)69(47-22-8-3-9-23-47)65(55)63-54-27-13-17-31-61(54)70-66(60)63/h1-42H. The number of para-hydroxylation sites is 2. The quantitative estimate of drug-likeness (QED) is 0.166. The molecule has 326 valence electrons. The molecule has 0 aliphatic heterocycles. The highest BCUT2D eigenvalue weighted by Gasteiger charge is 2.52. The maximum Gasteiger partial charge on any atom is 0.161 e. The molecule has 0 saturated heterocycles. The largest absolute Gasteiger partial charge is 0.454 e. The molecular weight excluding hydrogens is 849 g/mol. The molecule has 70 heavy (non-hydrogen) atoms. The molecule has 2 aliphatic rings. The lowest BCUT2D eigenvalue weighted by Gasteiger charge is -2.30. The van der Waals surface area contributed by atoms with Gasteiger partial charge < -0.3 is 13.9 Å². The smallest absolute Gasteiger partial charge is 0.161 e. The number of nitrogens with zero attached hydrogens (tertiary/aromatic N) is 2. The molecule has 2 aromatic heterocycles. The van der Waals surface area contributed by atoms with Crippen molar-refractivity contribution in [3.05, 3.63) is 277 Å². The van der Waals surface area contributed by atoms with E-state index in [1.165, 1.54) is 77.7 Å². The molecule has 0 saturated carbocycles. The minimum Gasteiger partial charge on any atom is -0.454 e. The van der Waals surface area contributed by atoms with Crippen LogP contribution < -0.4 is 4.90 Å². The molecule has 0 N–H and O–H groups in total. The van der Waals surface area contributed by atoms with E-state index in [-0.39, 0.29) is 0 Å². The Morgan fingerprint density at radius 2 is 0.843 bits per heavy atom. The second kappa shape index (κ2) is 14.9. The lowest BCUT2D eigenvalue weighted by molar-refractivity contribution is 0.669. The topological polar surface area (TPSA) is 21.3 Å². The van der Waals surface area contributed by atoms with Gasteiger partial charge in [0, 0.05) is 38.8 Å². The van der Waals surface area contributed by atoms with E-state index in [2.05, 4.69) is 264 Å². The minimum absolute atomic E-state index is 0.483. The molecular formula is C67H42N2O. The third-order valence-corrected chi connectivity index (χ3v) is 15.2. The summed E-state index contributed by atoms with van der Waals surface area (Å²) in [5, 5.41) is 4.51. The van der Waals surface area contributed by atoms with Gasteiger partial charge in [-0.2, -0.15) is 0 Å². The van der Waals surface area contributed by atoms with Crippen molar-refractivity contribution in [1.82, 2.24) is 4.57 Å². The van der Waals surface area contributed by atoms with E-state index < -0.39 is 5.41 Å². The fraction of sp³-hybridized carbons (Fsp3) is 0.0149. The molecule has 0 bridgehead atoms. The summed E-state index contributed by atoms with van der Waals surface area (Å²) in [5.74, 6) is 0. The van der Waals surface area contributed by atoms with Crippen molar-refractivity contribution in [3.8, 4) is 50.2 Å². The number of furan rings is 1. The van der Waals surface area contributed by atoms with Crippen LogP contribution in [-0.4, -0.2) is 4.57 Å². The van der Waals surface area contributed by atoms with Crippen LogP contribution in [0.3, 0.4) is 0 Å². The van der Waals surface area contributed by atoms with E-state index in [0.29, 0.717) is 0 Å². The lowest BCUT2D eigenvalue weighted by Crippen LogP contribution is -2.25. The lowest BCUT2D eigenvalue weighted by atomic mass is 9.70. The molecule has 3 heteroatoms. The summed E-state index contributed by atoms with van der Waals surface area (Å²) < 4.78 is 9.79. The second-order valence-corrected chi connectivity index (χ2v) is 18.7. The van der Waals surface area contributed by atoms with Crippen molar-refractivity contribution in [2.75, 3.05) is 4.90 Å².